The van der Waals surface area contributed by atoms with Crippen LogP contribution in [0, 0.1) is 6.92 Å². The number of ketones is 1. The minimum atomic E-state index is 0.0764. The van der Waals surface area contributed by atoms with Crippen molar-refractivity contribution >= 4 is 33.3 Å². The maximum atomic E-state index is 12.2. The summed E-state index contributed by atoms with van der Waals surface area (Å²) in [6.45, 7) is 1.97. The number of Topliss-reactive ketones (excluding diaryl/α,β-unsaturated/α-hetero) is 1. The third-order valence-electron chi connectivity index (χ3n) is 2.67. The Morgan fingerprint density at radius 3 is 2.61 bits per heavy atom. The van der Waals surface area contributed by atoms with Crippen LogP contribution in [0.5, 0.6) is 0 Å². The zero-order valence-corrected chi connectivity index (χ0v) is 12.3. The van der Waals surface area contributed by atoms with Gasteiger partial charge in [-0.3, -0.25) is 4.79 Å². The molecule has 0 unspecified atom stereocenters. The zero-order valence-electron chi connectivity index (χ0n) is 9.91. The molecular weight excluding hydrogens is 312 g/mol. The van der Waals surface area contributed by atoms with Crippen LogP contribution >= 0.6 is 27.5 Å². The molecule has 0 saturated carbocycles. The monoisotopic (exact) mass is 322 g/mol. The van der Waals surface area contributed by atoms with Crippen molar-refractivity contribution in [2.75, 3.05) is 0 Å². The fourth-order valence-corrected chi connectivity index (χ4v) is 2.62. The van der Waals surface area contributed by atoms with E-state index in [2.05, 4.69) is 15.9 Å². The molecule has 0 atom stereocenters. The highest BCUT2D eigenvalue weighted by Crippen LogP contribution is 2.20. The van der Waals surface area contributed by atoms with E-state index in [1.165, 1.54) is 0 Å². The summed E-state index contributed by atoms with van der Waals surface area (Å²) in [5.74, 6) is 0.0764. The van der Waals surface area contributed by atoms with Crippen LogP contribution in [-0.2, 0) is 6.42 Å². The maximum Gasteiger partial charge on any atom is 0.167 e. The highest BCUT2D eigenvalue weighted by molar-refractivity contribution is 9.10. The van der Waals surface area contributed by atoms with E-state index >= 15 is 0 Å². The molecule has 2 aromatic carbocycles. The Morgan fingerprint density at radius 2 is 1.94 bits per heavy atom. The molecule has 2 rings (SSSR count). The number of benzene rings is 2. The van der Waals surface area contributed by atoms with Crippen molar-refractivity contribution < 1.29 is 4.79 Å². The highest BCUT2D eigenvalue weighted by Gasteiger charge is 2.10. The average molecular weight is 324 g/mol. The Kier molecular flexibility index (Phi) is 4.20. The van der Waals surface area contributed by atoms with E-state index in [9.17, 15) is 4.79 Å². The van der Waals surface area contributed by atoms with Crippen LogP contribution in [0.2, 0.25) is 5.02 Å². The van der Waals surface area contributed by atoms with Gasteiger partial charge in [0.25, 0.3) is 0 Å². The first-order valence-corrected chi connectivity index (χ1v) is 6.77. The van der Waals surface area contributed by atoms with Crippen LogP contribution in [0.3, 0.4) is 0 Å². The van der Waals surface area contributed by atoms with E-state index < -0.39 is 0 Å². The first kappa shape index (κ1) is 13.3. The van der Waals surface area contributed by atoms with Crippen LogP contribution in [0.4, 0.5) is 0 Å². The molecule has 0 aliphatic carbocycles. The van der Waals surface area contributed by atoms with Crippen LogP contribution in [0.15, 0.2) is 46.9 Å². The number of carbonyl (C=O) groups excluding carboxylic acids is 1. The second kappa shape index (κ2) is 5.68. The fourth-order valence-electron chi connectivity index (χ4n) is 1.81. The molecule has 0 aliphatic heterocycles. The molecular formula is C15H12BrClO. The summed E-state index contributed by atoms with van der Waals surface area (Å²) >= 11 is 9.46. The number of rotatable bonds is 3. The lowest BCUT2D eigenvalue weighted by Crippen LogP contribution is -2.04. The molecule has 0 aliphatic rings. The van der Waals surface area contributed by atoms with E-state index in [4.69, 9.17) is 11.6 Å². The van der Waals surface area contributed by atoms with Gasteiger partial charge in [-0.1, -0.05) is 45.7 Å². The molecule has 0 aromatic heterocycles. The molecule has 1 nitrogen and oxygen atoms in total. The van der Waals surface area contributed by atoms with Crippen LogP contribution in [-0.4, -0.2) is 5.78 Å². The fraction of sp³-hybridized carbons (Fsp3) is 0.133. The first-order valence-electron chi connectivity index (χ1n) is 5.60. The minimum absolute atomic E-state index is 0.0764. The maximum absolute atomic E-state index is 12.2. The number of halogens is 2. The summed E-state index contributed by atoms with van der Waals surface area (Å²) in [5, 5.41) is 0.637. The van der Waals surface area contributed by atoms with Gasteiger partial charge in [-0.15, -0.1) is 0 Å². The van der Waals surface area contributed by atoms with Crippen molar-refractivity contribution in [1.29, 1.82) is 0 Å². The van der Waals surface area contributed by atoms with E-state index in [1.807, 2.05) is 43.3 Å². The van der Waals surface area contributed by atoms with Gasteiger partial charge >= 0.3 is 0 Å². The predicted molar refractivity (Wildman–Crippen MR) is 78.4 cm³/mol. The quantitative estimate of drug-likeness (QED) is 0.739. The van der Waals surface area contributed by atoms with E-state index in [-0.39, 0.29) is 5.78 Å². The average Bonchev–Trinajstić information content (AvgIpc) is 2.31. The van der Waals surface area contributed by atoms with Gasteiger partial charge in [0.1, 0.15) is 0 Å². The van der Waals surface area contributed by atoms with Gasteiger partial charge in [0, 0.05) is 21.5 Å². The number of carbonyl (C=O) groups is 1. The topological polar surface area (TPSA) is 17.1 Å². The lowest BCUT2D eigenvalue weighted by molar-refractivity contribution is 0.0993. The van der Waals surface area contributed by atoms with Crippen molar-refractivity contribution in [2.24, 2.45) is 0 Å². The van der Waals surface area contributed by atoms with Crippen molar-refractivity contribution in [3.63, 3.8) is 0 Å². The SMILES string of the molecule is Cc1cc(Br)cc(C(=O)Cc2ccccc2Cl)c1. The van der Waals surface area contributed by atoms with Crippen molar-refractivity contribution in [3.8, 4) is 0 Å². The second-order valence-corrected chi connectivity index (χ2v) is 5.53. The lowest BCUT2D eigenvalue weighted by atomic mass is 10.0. The normalized spacial score (nSPS) is 10.4. The Morgan fingerprint density at radius 1 is 1.22 bits per heavy atom. The zero-order chi connectivity index (χ0) is 13.1. The van der Waals surface area contributed by atoms with Gasteiger partial charge in [-0.25, -0.2) is 0 Å². The Labute approximate surface area is 120 Å². The van der Waals surface area contributed by atoms with Gasteiger partial charge < -0.3 is 0 Å². The molecule has 0 saturated heterocycles. The van der Waals surface area contributed by atoms with E-state index in [0.29, 0.717) is 17.0 Å². The van der Waals surface area contributed by atoms with Crippen LogP contribution in [0.1, 0.15) is 21.5 Å². The number of hydrogen-bond acceptors (Lipinski definition) is 1. The summed E-state index contributed by atoms with van der Waals surface area (Å²) in [6.07, 6.45) is 0.329. The summed E-state index contributed by atoms with van der Waals surface area (Å²) < 4.78 is 0.921. The molecule has 2 aromatic rings. The smallest absolute Gasteiger partial charge is 0.167 e. The molecule has 0 bridgehead atoms. The molecule has 0 heterocycles. The van der Waals surface area contributed by atoms with Crippen molar-refractivity contribution in [2.45, 2.75) is 13.3 Å². The van der Waals surface area contributed by atoms with Crippen molar-refractivity contribution in [1.82, 2.24) is 0 Å². The molecule has 0 amide bonds. The van der Waals surface area contributed by atoms with Crippen molar-refractivity contribution in [3.05, 3.63) is 68.7 Å². The molecule has 18 heavy (non-hydrogen) atoms. The van der Waals surface area contributed by atoms with Gasteiger partial charge in [-0.2, -0.15) is 0 Å². The summed E-state index contributed by atoms with van der Waals surface area (Å²) in [5.41, 5.74) is 2.63. The summed E-state index contributed by atoms with van der Waals surface area (Å²) in [7, 11) is 0. The summed E-state index contributed by atoms with van der Waals surface area (Å²) in [4.78, 5) is 12.2. The minimum Gasteiger partial charge on any atom is -0.294 e. The number of hydrogen-bond donors (Lipinski definition) is 0. The molecule has 0 radical (unpaired) electrons. The molecule has 0 N–H and O–H groups in total. The summed E-state index contributed by atoms with van der Waals surface area (Å²) in [6, 6.07) is 13.1. The third kappa shape index (κ3) is 3.21. The van der Waals surface area contributed by atoms with Gasteiger partial charge in [0.2, 0.25) is 0 Å². The van der Waals surface area contributed by atoms with E-state index in [0.717, 1.165) is 15.6 Å². The largest absolute Gasteiger partial charge is 0.294 e. The molecule has 92 valence electrons. The highest BCUT2D eigenvalue weighted by atomic mass is 79.9. The van der Waals surface area contributed by atoms with E-state index in [1.54, 1.807) is 6.07 Å². The molecule has 0 fully saturated rings. The molecule has 0 spiro atoms. The second-order valence-electron chi connectivity index (χ2n) is 4.21. The molecule has 3 heteroatoms. The number of aryl methyl sites for hydroxylation is 1. The predicted octanol–water partition coefficient (Wildman–Crippen LogP) is 4.84. The third-order valence-corrected chi connectivity index (χ3v) is 3.50. The standard InChI is InChI=1S/C15H12BrClO/c1-10-6-12(8-13(16)7-10)15(18)9-11-4-2-3-5-14(11)17/h2-8H,9H2,1H3. The lowest BCUT2D eigenvalue weighted by Gasteiger charge is -2.05. The van der Waals surface area contributed by atoms with Gasteiger partial charge in [0.05, 0.1) is 0 Å². The Hall–Kier alpha value is -1.12. The van der Waals surface area contributed by atoms with Gasteiger partial charge in [0.15, 0.2) is 5.78 Å². The van der Waals surface area contributed by atoms with Gasteiger partial charge in [-0.05, 0) is 42.3 Å². The van der Waals surface area contributed by atoms with Crippen LogP contribution < -0.4 is 0 Å². The Bertz CT molecular complexity index is 573. The first-order chi connectivity index (χ1) is 8.56. The van der Waals surface area contributed by atoms with Crippen LogP contribution in [0.25, 0.3) is 0 Å². The Balaban J connectivity index is 2.25.